The maximum atomic E-state index is 12.9. The predicted molar refractivity (Wildman–Crippen MR) is 81.6 cm³/mol. The van der Waals surface area contributed by atoms with E-state index in [1.807, 2.05) is 6.92 Å². The van der Waals surface area contributed by atoms with Crippen LogP contribution in [0.15, 0.2) is 23.4 Å². The Morgan fingerprint density at radius 3 is 2.81 bits per heavy atom. The van der Waals surface area contributed by atoms with E-state index < -0.39 is 10.0 Å². The Bertz CT molecular complexity index is 558. The van der Waals surface area contributed by atoms with Crippen molar-refractivity contribution in [1.29, 1.82) is 0 Å². The van der Waals surface area contributed by atoms with Crippen molar-refractivity contribution in [3.05, 3.63) is 18.3 Å². The summed E-state index contributed by atoms with van der Waals surface area (Å²) in [5.41, 5.74) is 0.529. The van der Waals surface area contributed by atoms with Gasteiger partial charge >= 0.3 is 0 Å². The van der Waals surface area contributed by atoms with Crippen LogP contribution >= 0.6 is 0 Å². The zero-order valence-corrected chi connectivity index (χ0v) is 13.1. The summed E-state index contributed by atoms with van der Waals surface area (Å²) in [6.07, 6.45) is 5.12. The summed E-state index contributed by atoms with van der Waals surface area (Å²) >= 11 is 0. The third-order valence-corrected chi connectivity index (χ3v) is 5.60. The van der Waals surface area contributed by atoms with Crippen LogP contribution in [0.2, 0.25) is 0 Å². The first-order chi connectivity index (χ1) is 10.1. The van der Waals surface area contributed by atoms with Gasteiger partial charge in [-0.15, -0.1) is 0 Å². The van der Waals surface area contributed by atoms with Crippen LogP contribution in [0.3, 0.4) is 0 Å². The van der Waals surface area contributed by atoms with Crippen LogP contribution in [0.4, 0.5) is 5.69 Å². The van der Waals surface area contributed by atoms with Crippen LogP contribution < -0.4 is 5.32 Å². The molecule has 1 heterocycles. The maximum absolute atomic E-state index is 12.9. The van der Waals surface area contributed by atoms with E-state index in [1.165, 1.54) is 10.5 Å². The zero-order chi connectivity index (χ0) is 15.3. The third kappa shape index (κ3) is 3.53. The SMILES string of the molecule is CCCNc1cccnc1S(=O)(=O)N(CCO)C1CCC1. The second-order valence-electron chi connectivity index (χ2n) is 5.21. The Morgan fingerprint density at radius 2 is 2.24 bits per heavy atom. The van der Waals surface area contributed by atoms with Crippen LogP contribution in [0.5, 0.6) is 0 Å². The number of nitrogens with one attached hydrogen (secondary N) is 1. The fourth-order valence-electron chi connectivity index (χ4n) is 2.37. The maximum Gasteiger partial charge on any atom is 0.262 e. The molecular formula is C14H23N3O3S. The second-order valence-corrected chi connectivity index (χ2v) is 7.01. The van der Waals surface area contributed by atoms with Gasteiger partial charge in [-0.05, 0) is 31.4 Å². The molecule has 1 saturated carbocycles. The summed E-state index contributed by atoms with van der Waals surface area (Å²) in [5, 5.41) is 12.3. The molecule has 7 heteroatoms. The van der Waals surface area contributed by atoms with E-state index in [0.717, 1.165) is 25.7 Å². The lowest BCUT2D eigenvalue weighted by molar-refractivity contribution is 0.178. The molecule has 1 aliphatic rings. The van der Waals surface area contributed by atoms with Crippen LogP contribution in [0.25, 0.3) is 0 Å². The molecule has 0 saturated heterocycles. The highest BCUT2D eigenvalue weighted by atomic mass is 32.2. The summed E-state index contributed by atoms with van der Waals surface area (Å²) in [6, 6.07) is 3.44. The first kappa shape index (κ1) is 16.2. The summed E-state index contributed by atoms with van der Waals surface area (Å²) in [6.45, 7) is 2.65. The van der Waals surface area contributed by atoms with E-state index >= 15 is 0 Å². The fourth-order valence-corrected chi connectivity index (χ4v) is 4.13. The molecular weight excluding hydrogens is 290 g/mol. The van der Waals surface area contributed by atoms with Gasteiger partial charge in [0.2, 0.25) is 0 Å². The molecule has 0 bridgehead atoms. The van der Waals surface area contributed by atoms with E-state index in [1.54, 1.807) is 12.1 Å². The average Bonchev–Trinajstić information content (AvgIpc) is 2.43. The lowest BCUT2D eigenvalue weighted by Crippen LogP contribution is -2.45. The number of pyridine rings is 1. The van der Waals surface area contributed by atoms with E-state index in [-0.39, 0.29) is 24.2 Å². The standard InChI is InChI=1S/C14H23N3O3S/c1-2-8-15-13-7-4-9-16-14(13)21(19,20)17(10-11-18)12-5-3-6-12/h4,7,9,12,15,18H,2-3,5-6,8,10-11H2,1H3. The minimum absolute atomic E-state index is 0.0109. The number of aliphatic hydroxyl groups excluding tert-OH is 1. The van der Waals surface area contributed by atoms with Gasteiger partial charge in [-0.25, -0.2) is 13.4 Å². The monoisotopic (exact) mass is 313 g/mol. The number of aliphatic hydroxyl groups is 1. The summed E-state index contributed by atoms with van der Waals surface area (Å²) in [4.78, 5) is 4.07. The summed E-state index contributed by atoms with van der Waals surface area (Å²) in [7, 11) is -3.68. The predicted octanol–water partition coefficient (Wildman–Crippen LogP) is 1.44. The molecule has 118 valence electrons. The molecule has 0 unspecified atom stereocenters. The molecule has 6 nitrogen and oxygen atoms in total. The molecule has 1 aliphatic carbocycles. The van der Waals surface area contributed by atoms with Gasteiger partial charge < -0.3 is 10.4 Å². The topological polar surface area (TPSA) is 82.5 Å². The van der Waals surface area contributed by atoms with Crippen molar-refractivity contribution in [2.75, 3.05) is 25.0 Å². The molecule has 0 spiro atoms. The highest BCUT2D eigenvalue weighted by Crippen LogP contribution is 2.31. The normalized spacial score (nSPS) is 16.0. The Labute approximate surface area is 126 Å². The first-order valence-electron chi connectivity index (χ1n) is 7.42. The van der Waals surface area contributed by atoms with E-state index in [4.69, 9.17) is 0 Å². The number of anilines is 1. The van der Waals surface area contributed by atoms with Gasteiger partial charge in [0.05, 0.1) is 12.3 Å². The smallest absolute Gasteiger partial charge is 0.262 e. The molecule has 1 aromatic heterocycles. The number of hydrogen-bond donors (Lipinski definition) is 2. The van der Waals surface area contributed by atoms with Crippen LogP contribution in [0.1, 0.15) is 32.6 Å². The van der Waals surface area contributed by atoms with Crippen molar-refractivity contribution >= 4 is 15.7 Å². The van der Waals surface area contributed by atoms with Gasteiger partial charge in [0.15, 0.2) is 5.03 Å². The Hall–Kier alpha value is -1.18. The molecule has 0 radical (unpaired) electrons. The summed E-state index contributed by atoms with van der Waals surface area (Å²) in [5.74, 6) is 0. The third-order valence-electron chi connectivity index (χ3n) is 3.69. The lowest BCUT2D eigenvalue weighted by Gasteiger charge is -2.36. The number of hydrogen-bond acceptors (Lipinski definition) is 5. The number of aromatic nitrogens is 1. The molecule has 0 aromatic carbocycles. The highest BCUT2D eigenvalue weighted by Gasteiger charge is 2.36. The fraction of sp³-hybridized carbons (Fsp3) is 0.643. The molecule has 1 fully saturated rings. The molecule has 2 N–H and O–H groups in total. The van der Waals surface area contributed by atoms with Gasteiger partial charge in [0.1, 0.15) is 0 Å². The van der Waals surface area contributed by atoms with Gasteiger partial charge in [-0.1, -0.05) is 13.3 Å². The van der Waals surface area contributed by atoms with Gasteiger partial charge in [-0.3, -0.25) is 0 Å². The minimum atomic E-state index is -3.68. The second kappa shape index (κ2) is 7.20. The van der Waals surface area contributed by atoms with Gasteiger partial charge in [-0.2, -0.15) is 4.31 Å². The first-order valence-corrected chi connectivity index (χ1v) is 8.87. The average molecular weight is 313 g/mol. The van der Waals surface area contributed by atoms with Crippen molar-refractivity contribution in [2.45, 2.75) is 43.7 Å². The molecule has 0 atom stereocenters. The molecule has 2 rings (SSSR count). The number of rotatable bonds is 8. The molecule has 0 amide bonds. The van der Waals surface area contributed by atoms with Gasteiger partial charge in [0.25, 0.3) is 10.0 Å². The van der Waals surface area contributed by atoms with E-state index in [9.17, 15) is 13.5 Å². The van der Waals surface area contributed by atoms with Crippen molar-refractivity contribution in [1.82, 2.24) is 9.29 Å². The van der Waals surface area contributed by atoms with Crippen LogP contribution in [-0.2, 0) is 10.0 Å². The van der Waals surface area contributed by atoms with E-state index in [2.05, 4.69) is 10.3 Å². The number of nitrogens with zero attached hydrogens (tertiary/aromatic N) is 2. The minimum Gasteiger partial charge on any atom is -0.395 e. The Morgan fingerprint density at radius 1 is 1.48 bits per heavy atom. The van der Waals surface area contributed by atoms with Crippen molar-refractivity contribution in [3.63, 3.8) is 0 Å². The lowest BCUT2D eigenvalue weighted by atomic mass is 9.93. The van der Waals surface area contributed by atoms with E-state index in [0.29, 0.717) is 12.2 Å². The highest BCUT2D eigenvalue weighted by molar-refractivity contribution is 7.89. The zero-order valence-electron chi connectivity index (χ0n) is 12.3. The quantitative estimate of drug-likeness (QED) is 0.759. The Kier molecular flexibility index (Phi) is 5.55. The van der Waals surface area contributed by atoms with Crippen LogP contribution in [0, 0.1) is 0 Å². The molecule has 21 heavy (non-hydrogen) atoms. The summed E-state index contributed by atoms with van der Waals surface area (Å²) < 4.78 is 27.1. The van der Waals surface area contributed by atoms with Crippen LogP contribution in [-0.4, -0.2) is 48.6 Å². The van der Waals surface area contributed by atoms with Crippen molar-refractivity contribution < 1.29 is 13.5 Å². The largest absolute Gasteiger partial charge is 0.395 e. The number of sulfonamides is 1. The van der Waals surface area contributed by atoms with Gasteiger partial charge in [0, 0.05) is 25.3 Å². The molecule has 1 aromatic rings. The van der Waals surface area contributed by atoms with Crippen molar-refractivity contribution in [2.24, 2.45) is 0 Å². The van der Waals surface area contributed by atoms with Crippen molar-refractivity contribution in [3.8, 4) is 0 Å². The molecule has 0 aliphatic heterocycles. The Balaban J connectivity index is 2.32.